The van der Waals surface area contributed by atoms with Gasteiger partial charge in [-0.15, -0.1) is 0 Å². The summed E-state index contributed by atoms with van der Waals surface area (Å²) in [5, 5.41) is 12.4. The number of likely N-dealkylation sites (tertiary alicyclic amines) is 1. The van der Waals surface area contributed by atoms with E-state index in [4.69, 9.17) is 0 Å². The van der Waals surface area contributed by atoms with Crippen molar-refractivity contribution >= 4 is 47.1 Å². The molecule has 0 radical (unpaired) electrons. The highest BCUT2D eigenvalue weighted by molar-refractivity contribution is 6.03. The van der Waals surface area contributed by atoms with Gasteiger partial charge in [0.25, 0.3) is 0 Å². The number of benzene rings is 1. The molecule has 1 saturated heterocycles. The molecule has 1 fully saturated rings. The zero-order valence-electron chi connectivity index (χ0n) is 29.5. The van der Waals surface area contributed by atoms with Gasteiger partial charge in [-0.25, -0.2) is 0 Å². The maximum atomic E-state index is 12.9. The lowest BCUT2D eigenvalue weighted by Crippen LogP contribution is -2.52. The van der Waals surface area contributed by atoms with Crippen LogP contribution in [0.4, 0.5) is 0 Å². The summed E-state index contributed by atoms with van der Waals surface area (Å²) in [4.78, 5) is 100. The summed E-state index contributed by atoms with van der Waals surface area (Å²) in [5.41, 5.74) is -0.155. The lowest BCUT2D eigenvalue weighted by Gasteiger charge is -2.24. The van der Waals surface area contributed by atoms with Crippen molar-refractivity contribution in [2.45, 2.75) is 86.1 Å². The summed E-state index contributed by atoms with van der Waals surface area (Å²) in [5.74, 6) is -3.59. The van der Waals surface area contributed by atoms with Crippen LogP contribution in [-0.2, 0) is 44.8 Å². The molecule has 7 amide bonds. The molecular weight excluding hydrogens is 632 g/mol. The number of hydrogen-bond donors (Lipinski definition) is 5. The molecule has 14 nitrogen and oxygen atoms in total. The maximum Gasteiger partial charge on any atom is 0.243 e. The molecule has 1 unspecified atom stereocenters. The van der Waals surface area contributed by atoms with Crippen LogP contribution in [0, 0.1) is 16.7 Å². The minimum absolute atomic E-state index is 0.120. The van der Waals surface area contributed by atoms with Crippen molar-refractivity contribution in [3.63, 3.8) is 0 Å². The SMILES string of the molecule is CC(C)(C)C(=O)CNC(=O)CNC(=O)[C@H](Cc1ccccc1)NC(=O)CNC(=O)CNC(=O)CCCCCN1C(=O)CC(C(C)(C)C)C1=O. The maximum absolute atomic E-state index is 12.9. The van der Waals surface area contributed by atoms with E-state index < -0.39 is 48.2 Å². The quantitative estimate of drug-likeness (QED) is 0.110. The Balaban J connectivity index is 1.72. The molecule has 0 aliphatic carbocycles. The first-order chi connectivity index (χ1) is 22.9. The lowest BCUT2D eigenvalue weighted by molar-refractivity contribution is -0.140. The molecule has 1 heterocycles. The Bertz CT molecular complexity index is 1370. The average Bonchev–Trinajstić information content (AvgIpc) is 3.32. The Kier molecular flexibility index (Phi) is 15.6. The molecule has 1 aliphatic rings. The van der Waals surface area contributed by atoms with Crippen LogP contribution in [0.15, 0.2) is 30.3 Å². The number of ketones is 1. The third-order valence-corrected chi connectivity index (χ3v) is 8.11. The lowest BCUT2D eigenvalue weighted by atomic mass is 9.80. The smallest absolute Gasteiger partial charge is 0.243 e. The van der Waals surface area contributed by atoms with E-state index in [1.165, 1.54) is 4.90 Å². The number of rotatable bonds is 18. The van der Waals surface area contributed by atoms with E-state index in [1.807, 2.05) is 20.8 Å². The highest BCUT2D eigenvalue weighted by atomic mass is 16.2. The van der Waals surface area contributed by atoms with Crippen molar-refractivity contribution in [2.24, 2.45) is 16.7 Å². The molecule has 270 valence electrons. The van der Waals surface area contributed by atoms with E-state index in [-0.39, 0.29) is 67.2 Å². The van der Waals surface area contributed by atoms with Crippen molar-refractivity contribution in [1.29, 1.82) is 0 Å². The van der Waals surface area contributed by atoms with Crippen molar-refractivity contribution in [1.82, 2.24) is 31.5 Å². The van der Waals surface area contributed by atoms with Crippen LogP contribution < -0.4 is 26.6 Å². The number of imide groups is 1. The third kappa shape index (κ3) is 14.6. The van der Waals surface area contributed by atoms with Crippen LogP contribution in [0.25, 0.3) is 0 Å². The second-order valence-corrected chi connectivity index (χ2v) is 14.3. The number of nitrogens with zero attached hydrogens (tertiary/aromatic N) is 1. The predicted octanol–water partition coefficient (Wildman–Crippen LogP) is 0.776. The van der Waals surface area contributed by atoms with Crippen LogP contribution in [0.3, 0.4) is 0 Å². The number of hydrogen-bond acceptors (Lipinski definition) is 8. The monoisotopic (exact) mass is 684 g/mol. The Morgan fingerprint density at radius 3 is 1.90 bits per heavy atom. The van der Waals surface area contributed by atoms with E-state index in [0.717, 1.165) is 5.56 Å². The van der Waals surface area contributed by atoms with E-state index in [9.17, 15) is 38.4 Å². The van der Waals surface area contributed by atoms with Gasteiger partial charge in [-0.1, -0.05) is 78.3 Å². The second-order valence-electron chi connectivity index (χ2n) is 14.3. The number of nitrogens with one attached hydrogen (secondary N) is 5. The Morgan fingerprint density at radius 1 is 0.735 bits per heavy atom. The van der Waals surface area contributed by atoms with Crippen LogP contribution >= 0.6 is 0 Å². The molecule has 1 aromatic carbocycles. The van der Waals surface area contributed by atoms with Crippen LogP contribution in [0.5, 0.6) is 0 Å². The highest BCUT2D eigenvalue weighted by Crippen LogP contribution is 2.35. The number of amides is 7. The van der Waals surface area contributed by atoms with Gasteiger partial charge in [0.15, 0.2) is 5.78 Å². The van der Waals surface area contributed by atoms with Gasteiger partial charge in [-0.3, -0.25) is 43.3 Å². The van der Waals surface area contributed by atoms with E-state index in [2.05, 4.69) is 26.6 Å². The molecule has 49 heavy (non-hydrogen) atoms. The molecule has 0 aromatic heterocycles. The largest absolute Gasteiger partial charge is 0.347 e. The number of carbonyl (C=O) groups excluding carboxylic acids is 8. The molecule has 2 atom stereocenters. The molecule has 0 saturated carbocycles. The van der Waals surface area contributed by atoms with Gasteiger partial charge >= 0.3 is 0 Å². The Morgan fingerprint density at radius 2 is 1.31 bits per heavy atom. The first-order valence-electron chi connectivity index (χ1n) is 16.7. The van der Waals surface area contributed by atoms with Crippen molar-refractivity contribution in [2.75, 3.05) is 32.7 Å². The van der Waals surface area contributed by atoms with Crippen molar-refractivity contribution in [3.8, 4) is 0 Å². The number of Topliss-reactive ketones (excluding diaryl/α,β-unsaturated/α-hetero) is 1. The predicted molar refractivity (Wildman–Crippen MR) is 181 cm³/mol. The zero-order chi connectivity index (χ0) is 36.8. The van der Waals surface area contributed by atoms with E-state index in [1.54, 1.807) is 51.1 Å². The van der Waals surface area contributed by atoms with Crippen LogP contribution in [0.1, 0.15) is 79.2 Å². The molecular formula is C35H52N6O8. The van der Waals surface area contributed by atoms with Gasteiger partial charge in [-0.2, -0.15) is 0 Å². The normalized spacial score (nSPS) is 15.3. The third-order valence-electron chi connectivity index (χ3n) is 8.11. The van der Waals surface area contributed by atoms with Crippen LogP contribution in [0.2, 0.25) is 0 Å². The summed E-state index contributed by atoms with van der Waals surface area (Å²) in [7, 11) is 0. The summed E-state index contributed by atoms with van der Waals surface area (Å²) in [6, 6.07) is 7.86. The first-order valence-corrected chi connectivity index (χ1v) is 16.7. The second kappa shape index (κ2) is 18.8. The summed E-state index contributed by atoms with van der Waals surface area (Å²) in [6.45, 7) is 9.97. The number of carbonyl (C=O) groups is 8. The fraction of sp³-hybridized carbons (Fsp3) is 0.600. The minimum Gasteiger partial charge on any atom is -0.347 e. The van der Waals surface area contributed by atoms with Crippen molar-refractivity contribution < 1.29 is 38.4 Å². The van der Waals surface area contributed by atoms with E-state index >= 15 is 0 Å². The molecule has 5 N–H and O–H groups in total. The Labute approximate surface area is 288 Å². The fourth-order valence-corrected chi connectivity index (χ4v) is 4.94. The first kappa shape index (κ1) is 40.6. The van der Waals surface area contributed by atoms with Gasteiger partial charge in [-0.05, 0) is 23.8 Å². The average molecular weight is 685 g/mol. The molecule has 14 heteroatoms. The summed E-state index contributed by atoms with van der Waals surface area (Å²) >= 11 is 0. The van der Waals surface area contributed by atoms with Crippen LogP contribution in [-0.4, -0.2) is 90.8 Å². The molecule has 0 spiro atoms. The van der Waals surface area contributed by atoms with E-state index in [0.29, 0.717) is 25.8 Å². The summed E-state index contributed by atoms with van der Waals surface area (Å²) in [6.07, 6.45) is 2.20. The summed E-state index contributed by atoms with van der Waals surface area (Å²) < 4.78 is 0. The molecule has 2 rings (SSSR count). The standard InChI is InChI=1S/C35H52N6O8/c1-34(2,3)24-18-31(47)41(33(24)49)16-12-8-11-15-27(43)37-20-28(44)38-22-30(46)40-25(17-23-13-9-7-10-14-23)32(48)39-21-29(45)36-19-26(42)35(4,5)6/h7,9-10,13-14,24-25H,8,11-12,15-22H2,1-6H3,(H,36,45)(H,37,43)(H,38,44)(H,39,48)(H,40,46)/t24?,25-/m0/s1. The highest BCUT2D eigenvalue weighted by Gasteiger charge is 2.44. The van der Waals surface area contributed by atoms with Gasteiger partial charge < -0.3 is 26.6 Å². The van der Waals surface area contributed by atoms with Gasteiger partial charge in [0.1, 0.15) is 6.04 Å². The van der Waals surface area contributed by atoms with Gasteiger partial charge in [0.05, 0.1) is 32.1 Å². The van der Waals surface area contributed by atoms with Crippen molar-refractivity contribution in [3.05, 3.63) is 35.9 Å². The minimum atomic E-state index is -1.06. The van der Waals surface area contributed by atoms with Gasteiger partial charge in [0, 0.05) is 31.2 Å². The Hall–Kier alpha value is -4.62. The topological polar surface area (TPSA) is 200 Å². The molecule has 0 bridgehead atoms. The molecule has 1 aromatic rings. The number of unbranched alkanes of at least 4 members (excludes halogenated alkanes) is 2. The fourth-order valence-electron chi connectivity index (χ4n) is 4.94. The van der Waals surface area contributed by atoms with Gasteiger partial charge in [0.2, 0.25) is 41.4 Å². The molecule has 1 aliphatic heterocycles. The zero-order valence-corrected chi connectivity index (χ0v) is 29.5.